The Morgan fingerprint density at radius 3 is 2.63 bits per heavy atom. The van der Waals surface area contributed by atoms with Gasteiger partial charge in [-0.25, -0.2) is 9.78 Å². The summed E-state index contributed by atoms with van der Waals surface area (Å²) in [6.07, 6.45) is 0.738. The van der Waals surface area contributed by atoms with E-state index in [2.05, 4.69) is 10.3 Å². The summed E-state index contributed by atoms with van der Waals surface area (Å²) in [4.78, 5) is 55.2. The molecule has 9 heteroatoms. The van der Waals surface area contributed by atoms with E-state index < -0.39 is 28.9 Å². The van der Waals surface area contributed by atoms with E-state index in [0.717, 1.165) is 10.9 Å². The van der Waals surface area contributed by atoms with Gasteiger partial charge in [-0.2, -0.15) is 0 Å². The zero-order valence-corrected chi connectivity index (χ0v) is 16.4. The summed E-state index contributed by atoms with van der Waals surface area (Å²) >= 11 is 6.17. The number of imide groups is 1. The highest BCUT2D eigenvalue weighted by Gasteiger charge is 2.53. The van der Waals surface area contributed by atoms with Gasteiger partial charge in [-0.1, -0.05) is 48.0 Å². The number of fused-ring (bicyclic) bond motifs is 1. The fraction of sp³-hybridized carbons (Fsp3) is 0.190. The van der Waals surface area contributed by atoms with Crippen LogP contribution in [0.15, 0.2) is 59.7 Å². The van der Waals surface area contributed by atoms with Crippen LogP contribution in [0.5, 0.6) is 0 Å². The molecule has 1 aromatic heterocycles. The molecule has 2 amide bonds. The molecule has 1 atom stereocenters. The van der Waals surface area contributed by atoms with E-state index in [-0.39, 0.29) is 29.9 Å². The SMILES string of the molecule is O=C1CCC(C(=O)OCc2ccccc2)(n2cnc3cccc(Cl)c3c2=O)C(=O)N1. The van der Waals surface area contributed by atoms with Crippen LogP contribution in [0.25, 0.3) is 10.9 Å². The number of benzene rings is 2. The van der Waals surface area contributed by atoms with Crippen molar-refractivity contribution >= 4 is 40.3 Å². The van der Waals surface area contributed by atoms with Gasteiger partial charge in [0, 0.05) is 6.42 Å². The lowest BCUT2D eigenvalue weighted by atomic mass is 9.88. The summed E-state index contributed by atoms with van der Waals surface area (Å²) in [7, 11) is 0. The smallest absolute Gasteiger partial charge is 0.342 e. The Hall–Kier alpha value is -3.52. The fourth-order valence-corrected chi connectivity index (χ4v) is 3.71. The number of aromatic nitrogens is 2. The first kappa shape index (κ1) is 19.8. The van der Waals surface area contributed by atoms with Crippen molar-refractivity contribution in [3.63, 3.8) is 0 Å². The molecule has 2 heterocycles. The lowest BCUT2D eigenvalue weighted by molar-refractivity contribution is -0.164. The Morgan fingerprint density at radius 1 is 1.13 bits per heavy atom. The van der Waals surface area contributed by atoms with Crippen LogP contribution >= 0.6 is 11.6 Å². The molecule has 1 aliphatic rings. The first-order valence-corrected chi connectivity index (χ1v) is 9.53. The quantitative estimate of drug-likeness (QED) is 0.389. The largest absolute Gasteiger partial charge is 0.459 e. The van der Waals surface area contributed by atoms with E-state index >= 15 is 0 Å². The second-order valence-corrected chi connectivity index (χ2v) is 7.26. The van der Waals surface area contributed by atoms with Crippen molar-refractivity contribution in [2.24, 2.45) is 0 Å². The monoisotopic (exact) mass is 425 g/mol. The van der Waals surface area contributed by atoms with Crippen LogP contribution in [-0.2, 0) is 31.3 Å². The third kappa shape index (κ3) is 3.25. The number of amides is 2. The summed E-state index contributed by atoms with van der Waals surface area (Å²) in [5.41, 5.74) is -1.71. The zero-order valence-electron chi connectivity index (χ0n) is 15.6. The Balaban J connectivity index is 1.82. The number of hydrogen-bond donors (Lipinski definition) is 1. The van der Waals surface area contributed by atoms with Gasteiger partial charge in [0.2, 0.25) is 11.4 Å². The van der Waals surface area contributed by atoms with Gasteiger partial charge in [-0.05, 0) is 24.1 Å². The molecule has 2 aromatic carbocycles. The molecule has 1 unspecified atom stereocenters. The van der Waals surface area contributed by atoms with Crippen molar-refractivity contribution in [2.75, 3.05) is 0 Å². The molecule has 0 radical (unpaired) electrons. The lowest BCUT2D eigenvalue weighted by Crippen LogP contribution is -2.62. The maximum absolute atomic E-state index is 13.2. The molecule has 1 saturated heterocycles. The lowest BCUT2D eigenvalue weighted by Gasteiger charge is -2.34. The average Bonchev–Trinajstić information content (AvgIpc) is 2.74. The van der Waals surface area contributed by atoms with Crippen LogP contribution in [0, 0.1) is 0 Å². The minimum Gasteiger partial charge on any atom is -0.459 e. The van der Waals surface area contributed by atoms with Crippen LogP contribution in [0.1, 0.15) is 18.4 Å². The van der Waals surface area contributed by atoms with Gasteiger partial charge in [0.15, 0.2) is 0 Å². The normalized spacial score (nSPS) is 18.8. The van der Waals surface area contributed by atoms with Crippen LogP contribution in [-0.4, -0.2) is 27.3 Å². The van der Waals surface area contributed by atoms with Gasteiger partial charge in [0.05, 0.1) is 22.3 Å². The molecule has 8 nitrogen and oxygen atoms in total. The van der Waals surface area contributed by atoms with Crippen LogP contribution in [0.2, 0.25) is 5.02 Å². The number of carbonyl (C=O) groups is 3. The predicted molar refractivity (Wildman–Crippen MR) is 108 cm³/mol. The molecule has 30 heavy (non-hydrogen) atoms. The third-order valence-corrected chi connectivity index (χ3v) is 5.36. The molecule has 152 valence electrons. The van der Waals surface area contributed by atoms with Crippen molar-refractivity contribution in [1.29, 1.82) is 0 Å². The van der Waals surface area contributed by atoms with Gasteiger partial charge >= 0.3 is 5.97 Å². The average molecular weight is 426 g/mol. The van der Waals surface area contributed by atoms with Gasteiger partial charge in [-0.3, -0.25) is 24.3 Å². The molecule has 0 aliphatic carbocycles. The molecule has 1 N–H and O–H groups in total. The summed E-state index contributed by atoms with van der Waals surface area (Å²) in [6.45, 7) is -0.0980. The van der Waals surface area contributed by atoms with Gasteiger partial charge < -0.3 is 4.74 Å². The zero-order chi connectivity index (χ0) is 21.3. The van der Waals surface area contributed by atoms with E-state index in [0.29, 0.717) is 11.1 Å². The molecule has 0 saturated carbocycles. The summed E-state index contributed by atoms with van der Waals surface area (Å²) in [5.74, 6) is -2.43. The minimum atomic E-state index is -2.07. The number of nitrogens with zero attached hydrogens (tertiary/aromatic N) is 2. The Kier molecular flexibility index (Phi) is 5.09. The highest BCUT2D eigenvalue weighted by atomic mass is 35.5. The van der Waals surface area contributed by atoms with Gasteiger partial charge in [-0.15, -0.1) is 0 Å². The maximum Gasteiger partial charge on any atom is 0.342 e. The van der Waals surface area contributed by atoms with Crippen LogP contribution in [0.3, 0.4) is 0 Å². The molecule has 0 bridgehead atoms. The Labute approximate surface area is 175 Å². The third-order valence-electron chi connectivity index (χ3n) is 5.04. The topological polar surface area (TPSA) is 107 Å². The number of esters is 1. The number of rotatable bonds is 4. The second kappa shape index (κ2) is 7.72. The Morgan fingerprint density at radius 2 is 1.90 bits per heavy atom. The van der Waals surface area contributed by atoms with Crippen molar-refractivity contribution in [1.82, 2.24) is 14.9 Å². The minimum absolute atomic E-state index is 0.0709. The van der Waals surface area contributed by atoms with Crippen molar-refractivity contribution in [3.05, 3.63) is 75.8 Å². The summed E-state index contributed by atoms with van der Waals surface area (Å²) in [6, 6.07) is 13.6. The Bertz CT molecular complexity index is 1220. The van der Waals surface area contributed by atoms with Crippen molar-refractivity contribution in [3.8, 4) is 0 Å². The highest BCUT2D eigenvalue weighted by Crippen LogP contribution is 2.29. The molecule has 1 aliphatic heterocycles. The predicted octanol–water partition coefficient (Wildman–Crippen LogP) is 1.93. The first-order valence-electron chi connectivity index (χ1n) is 9.15. The second-order valence-electron chi connectivity index (χ2n) is 6.85. The van der Waals surface area contributed by atoms with Crippen molar-refractivity contribution in [2.45, 2.75) is 25.0 Å². The van der Waals surface area contributed by atoms with Crippen LogP contribution in [0.4, 0.5) is 0 Å². The highest BCUT2D eigenvalue weighted by molar-refractivity contribution is 6.35. The molecule has 3 aromatic rings. The maximum atomic E-state index is 13.2. The van der Waals surface area contributed by atoms with E-state index in [1.165, 1.54) is 6.07 Å². The van der Waals surface area contributed by atoms with Crippen LogP contribution < -0.4 is 10.9 Å². The van der Waals surface area contributed by atoms with Gasteiger partial charge in [0.25, 0.3) is 11.5 Å². The molecule has 1 fully saturated rings. The van der Waals surface area contributed by atoms with E-state index in [1.807, 2.05) is 6.07 Å². The number of piperidine rings is 1. The fourth-order valence-electron chi connectivity index (χ4n) is 3.46. The molecule has 0 spiro atoms. The molecular weight excluding hydrogens is 410 g/mol. The molecular formula is C21H16ClN3O5. The van der Waals surface area contributed by atoms with E-state index in [4.69, 9.17) is 16.3 Å². The number of hydrogen-bond acceptors (Lipinski definition) is 6. The standard InChI is InChI=1S/C21H16ClN3O5/c22-14-7-4-8-15-17(14)18(27)25(12-23-15)21(10-9-16(26)24-19(21)28)20(29)30-11-13-5-2-1-3-6-13/h1-8,12H,9-11H2,(H,24,26,28). The summed E-state index contributed by atoms with van der Waals surface area (Å²) < 4.78 is 6.31. The number of nitrogens with one attached hydrogen (secondary N) is 1. The van der Waals surface area contributed by atoms with Crippen molar-refractivity contribution < 1.29 is 19.1 Å². The van der Waals surface area contributed by atoms with E-state index in [9.17, 15) is 19.2 Å². The number of carbonyl (C=O) groups excluding carboxylic acids is 3. The van der Waals surface area contributed by atoms with E-state index in [1.54, 1.807) is 36.4 Å². The first-order chi connectivity index (χ1) is 14.4. The van der Waals surface area contributed by atoms with Gasteiger partial charge in [0.1, 0.15) is 6.61 Å². The number of ether oxygens (including phenoxy) is 1. The molecule has 4 rings (SSSR count). The number of halogens is 1. The summed E-state index contributed by atoms with van der Waals surface area (Å²) in [5, 5.41) is 2.35.